The van der Waals surface area contributed by atoms with Crippen LogP contribution in [0.25, 0.3) is 0 Å². The number of nitrogens with zero attached hydrogens (tertiary/aromatic N) is 2. The summed E-state index contributed by atoms with van der Waals surface area (Å²) >= 11 is 0. The zero-order valence-corrected chi connectivity index (χ0v) is 12.1. The fourth-order valence-corrected chi connectivity index (χ4v) is 2.61. The fraction of sp³-hybridized carbons (Fsp3) is 0.923. The van der Waals surface area contributed by atoms with Gasteiger partial charge in [-0.3, -0.25) is 4.79 Å². The number of hydrogen-bond donors (Lipinski definition) is 1. The molecule has 0 aromatic rings. The van der Waals surface area contributed by atoms with Gasteiger partial charge in [-0.2, -0.15) is 0 Å². The normalized spacial score (nSPS) is 21.9. The first-order chi connectivity index (χ1) is 8.35. The molecule has 1 rings (SSSR count). The standard InChI is InChI=1S/C13H27N3O2/c1-13(14,12(17)18-4)10-16-7-5-11(6-8-16)9-15(2)3/h11H,5-10,14H2,1-4H3. The average Bonchev–Trinajstić information content (AvgIpc) is 2.29. The highest BCUT2D eigenvalue weighted by Crippen LogP contribution is 2.19. The van der Waals surface area contributed by atoms with Gasteiger partial charge in [-0.15, -0.1) is 0 Å². The molecular formula is C13H27N3O2. The summed E-state index contributed by atoms with van der Waals surface area (Å²) in [7, 11) is 5.61. The van der Waals surface area contributed by atoms with Crippen molar-refractivity contribution in [3.05, 3.63) is 0 Å². The molecule has 0 amide bonds. The van der Waals surface area contributed by atoms with Crippen molar-refractivity contribution in [3.63, 3.8) is 0 Å². The first-order valence-corrected chi connectivity index (χ1v) is 6.59. The highest BCUT2D eigenvalue weighted by atomic mass is 16.5. The van der Waals surface area contributed by atoms with E-state index < -0.39 is 5.54 Å². The number of nitrogens with two attached hydrogens (primary N) is 1. The Kier molecular flexibility index (Phi) is 5.56. The Bertz CT molecular complexity index is 271. The summed E-state index contributed by atoms with van der Waals surface area (Å²) in [5.41, 5.74) is 5.09. The third kappa shape index (κ3) is 4.55. The molecule has 0 spiro atoms. The second-order valence-corrected chi connectivity index (χ2v) is 5.89. The topological polar surface area (TPSA) is 58.8 Å². The number of carbonyl (C=O) groups excluding carboxylic acids is 1. The molecule has 0 aliphatic carbocycles. The maximum absolute atomic E-state index is 11.5. The van der Waals surface area contributed by atoms with Gasteiger partial charge in [-0.25, -0.2) is 0 Å². The summed E-state index contributed by atoms with van der Waals surface area (Å²) in [5.74, 6) is 0.427. The van der Waals surface area contributed by atoms with E-state index in [0.717, 1.165) is 25.6 Å². The quantitative estimate of drug-likeness (QED) is 0.711. The Labute approximate surface area is 110 Å². The van der Waals surface area contributed by atoms with Crippen LogP contribution in [0, 0.1) is 5.92 Å². The number of ether oxygens (including phenoxy) is 1. The zero-order valence-electron chi connectivity index (χ0n) is 12.1. The first-order valence-electron chi connectivity index (χ1n) is 6.59. The monoisotopic (exact) mass is 257 g/mol. The van der Waals surface area contributed by atoms with Crippen LogP contribution in [-0.2, 0) is 9.53 Å². The van der Waals surface area contributed by atoms with E-state index in [4.69, 9.17) is 10.5 Å². The number of piperidine rings is 1. The van der Waals surface area contributed by atoms with Crippen molar-refractivity contribution in [2.75, 3.05) is 47.4 Å². The highest BCUT2D eigenvalue weighted by molar-refractivity contribution is 5.80. The fourth-order valence-electron chi connectivity index (χ4n) is 2.61. The number of carbonyl (C=O) groups is 1. The smallest absolute Gasteiger partial charge is 0.326 e. The van der Waals surface area contributed by atoms with Crippen LogP contribution in [0.2, 0.25) is 0 Å². The summed E-state index contributed by atoms with van der Waals surface area (Å²) in [6.07, 6.45) is 2.35. The van der Waals surface area contributed by atoms with Crippen molar-refractivity contribution in [2.24, 2.45) is 11.7 Å². The van der Waals surface area contributed by atoms with Crippen LogP contribution < -0.4 is 5.73 Å². The van der Waals surface area contributed by atoms with Crippen LogP contribution in [0.1, 0.15) is 19.8 Å². The van der Waals surface area contributed by atoms with Crippen LogP contribution in [0.3, 0.4) is 0 Å². The molecule has 1 fully saturated rings. The Morgan fingerprint density at radius 2 is 2.00 bits per heavy atom. The Hall–Kier alpha value is -0.650. The maximum Gasteiger partial charge on any atom is 0.326 e. The third-order valence-corrected chi connectivity index (χ3v) is 3.53. The lowest BCUT2D eigenvalue weighted by Gasteiger charge is -2.36. The van der Waals surface area contributed by atoms with Crippen molar-refractivity contribution in [1.82, 2.24) is 9.80 Å². The van der Waals surface area contributed by atoms with Crippen LogP contribution in [-0.4, -0.2) is 68.7 Å². The minimum absolute atomic E-state index is 0.335. The van der Waals surface area contributed by atoms with E-state index in [2.05, 4.69) is 23.9 Å². The molecule has 0 bridgehead atoms. The largest absolute Gasteiger partial charge is 0.468 e. The second kappa shape index (κ2) is 6.50. The Balaban J connectivity index is 2.37. The number of likely N-dealkylation sites (tertiary alicyclic amines) is 1. The van der Waals surface area contributed by atoms with Crippen LogP contribution in [0.15, 0.2) is 0 Å². The summed E-state index contributed by atoms with van der Waals surface area (Å²) in [4.78, 5) is 16.0. The van der Waals surface area contributed by atoms with Crippen molar-refractivity contribution >= 4 is 5.97 Å². The van der Waals surface area contributed by atoms with Crippen LogP contribution in [0.4, 0.5) is 0 Å². The molecule has 1 heterocycles. The minimum atomic E-state index is -0.900. The molecule has 2 N–H and O–H groups in total. The molecule has 5 nitrogen and oxygen atoms in total. The van der Waals surface area contributed by atoms with E-state index >= 15 is 0 Å². The lowest BCUT2D eigenvalue weighted by molar-refractivity contribution is -0.147. The van der Waals surface area contributed by atoms with E-state index in [0.29, 0.717) is 6.54 Å². The minimum Gasteiger partial charge on any atom is -0.468 e. The molecule has 1 aliphatic rings. The summed E-state index contributed by atoms with van der Waals surface area (Å²) in [6, 6.07) is 0. The molecule has 5 heteroatoms. The molecule has 0 saturated carbocycles. The molecule has 0 radical (unpaired) electrons. The van der Waals surface area contributed by atoms with Gasteiger partial charge in [0, 0.05) is 13.1 Å². The predicted octanol–water partition coefficient (Wildman–Crippen LogP) is 0.150. The summed E-state index contributed by atoms with van der Waals surface area (Å²) < 4.78 is 4.73. The van der Waals surface area contributed by atoms with E-state index in [1.54, 1.807) is 6.92 Å². The van der Waals surface area contributed by atoms with Crippen molar-refractivity contribution < 1.29 is 9.53 Å². The maximum atomic E-state index is 11.5. The lowest BCUT2D eigenvalue weighted by atomic mass is 9.94. The second-order valence-electron chi connectivity index (χ2n) is 5.89. The Morgan fingerprint density at radius 1 is 1.44 bits per heavy atom. The van der Waals surface area contributed by atoms with Gasteiger partial charge < -0.3 is 20.3 Å². The van der Waals surface area contributed by atoms with Crippen molar-refractivity contribution in [1.29, 1.82) is 0 Å². The third-order valence-electron chi connectivity index (χ3n) is 3.53. The molecule has 1 saturated heterocycles. The number of methoxy groups -OCH3 is 1. The van der Waals surface area contributed by atoms with Gasteiger partial charge >= 0.3 is 5.97 Å². The Morgan fingerprint density at radius 3 is 2.44 bits per heavy atom. The van der Waals surface area contributed by atoms with Gasteiger partial charge in [0.25, 0.3) is 0 Å². The zero-order chi connectivity index (χ0) is 13.8. The van der Waals surface area contributed by atoms with E-state index in [1.807, 2.05) is 0 Å². The highest BCUT2D eigenvalue weighted by Gasteiger charge is 2.33. The van der Waals surface area contributed by atoms with Crippen molar-refractivity contribution in [3.8, 4) is 0 Å². The van der Waals surface area contributed by atoms with Gasteiger partial charge in [0.2, 0.25) is 0 Å². The molecule has 0 aromatic heterocycles. The predicted molar refractivity (Wildman–Crippen MR) is 72.3 cm³/mol. The van der Waals surface area contributed by atoms with Gasteiger partial charge in [0.1, 0.15) is 5.54 Å². The van der Waals surface area contributed by atoms with E-state index in [-0.39, 0.29) is 5.97 Å². The molecule has 1 unspecified atom stereocenters. The van der Waals surface area contributed by atoms with Gasteiger partial charge in [-0.05, 0) is 52.9 Å². The van der Waals surface area contributed by atoms with Crippen LogP contribution in [0.5, 0.6) is 0 Å². The van der Waals surface area contributed by atoms with Crippen LogP contribution >= 0.6 is 0 Å². The first kappa shape index (κ1) is 15.4. The number of esters is 1. The lowest BCUT2D eigenvalue weighted by Crippen LogP contribution is -2.55. The van der Waals surface area contributed by atoms with Gasteiger partial charge in [0.05, 0.1) is 7.11 Å². The summed E-state index contributed by atoms with van der Waals surface area (Å²) in [6.45, 7) is 5.49. The SMILES string of the molecule is COC(=O)C(C)(N)CN1CCC(CN(C)C)CC1. The number of hydrogen-bond acceptors (Lipinski definition) is 5. The number of rotatable bonds is 5. The molecule has 18 heavy (non-hydrogen) atoms. The van der Waals surface area contributed by atoms with Gasteiger partial charge in [-0.1, -0.05) is 0 Å². The molecule has 1 aliphatic heterocycles. The van der Waals surface area contributed by atoms with E-state index in [9.17, 15) is 4.79 Å². The molecule has 1 atom stereocenters. The molecule has 106 valence electrons. The molecular weight excluding hydrogens is 230 g/mol. The summed E-state index contributed by atoms with van der Waals surface area (Å²) in [5, 5.41) is 0. The van der Waals surface area contributed by atoms with Gasteiger partial charge in [0.15, 0.2) is 0 Å². The average molecular weight is 257 g/mol. The van der Waals surface area contributed by atoms with E-state index in [1.165, 1.54) is 20.0 Å². The van der Waals surface area contributed by atoms with Crippen molar-refractivity contribution in [2.45, 2.75) is 25.3 Å². The molecule has 0 aromatic carbocycles.